The lowest BCUT2D eigenvalue weighted by atomic mass is 10.1. The van der Waals surface area contributed by atoms with Gasteiger partial charge in [0.15, 0.2) is 0 Å². The van der Waals surface area contributed by atoms with Crippen LogP contribution in [-0.2, 0) is 11.3 Å². The molecule has 3 aromatic rings. The Morgan fingerprint density at radius 2 is 1.88 bits per heavy atom. The first kappa shape index (κ1) is 21.0. The first-order chi connectivity index (χ1) is 15.9. The number of H-pyrrole nitrogens is 1. The van der Waals surface area contributed by atoms with Crippen LogP contribution in [0.1, 0.15) is 33.2 Å². The Labute approximate surface area is 189 Å². The van der Waals surface area contributed by atoms with Gasteiger partial charge in [-0.1, -0.05) is 12.1 Å². The number of carbonyl (C=O) groups excluding carboxylic acids is 3. The molecule has 0 spiro atoms. The number of nitrogens with zero attached hydrogens (tertiary/aromatic N) is 2. The van der Waals surface area contributed by atoms with Crippen LogP contribution in [0.4, 0.5) is 0 Å². The quantitative estimate of drug-likeness (QED) is 0.540. The van der Waals surface area contributed by atoms with Crippen LogP contribution in [0.3, 0.4) is 0 Å². The van der Waals surface area contributed by atoms with Gasteiger partial charge in [-0.15, -0.1) is 0 Å². The van der Waals surface area contributed by atoms with E-state index in [9.17, 15) is 19.2 Å². The van der Waals surface area contributed by atoms with Crippen molar-refractivity contribution < 1.29 is 14.4 Å². The fraction of sp³-hybridized carbons (Fsp3) is 0.333. The molecule has 2 aliphatic rings. The molecule has 33 heavy (non-hydrogen) atoms. The average Bonchev–Trinajstić information content (AvgIpc) is 3.19. The molecule has 3 amide bonds. The van der Waals surface area contributed by atoms with Crippen LogP contribution in [0.2, 0.25) is 0 Å². The van der Waals surface area contributed by atoms with Crippen molar-refractivity contribution >= 4 is 28.6 Å². The van der Waals surface area contributed by atoms with E-state index in [1.54, 1.807) is 11.8 Å². The Hall–Kier alpha value is -3.88. The summed E-state index contributed by atoms with van der Waals surface area (Å²) >= 11 is 0. The van der Waals surface area contributed by atoms with Crippen LogP contribution in [-0.4, -0.2) is 58.4 Å². The molecule has 1 saturated heterocycles. The Kier molecular flexibility index (Phi) is 5.03. The highest BCUT2D eigenvalue weighted by Crippen LogP contribution is 2.45. The van der Waals surface area contributed by atoms with Crippen LogP contribution in [0.25, 0.3) is 10.9 Å². The van der Waals surface area contributed by atoms with Gasteiger partial charge < -0.3 is 25.1 Å². The number of hydrogen-bond acceptors (Lipinski definition) is 4. The smallest absolute Gasteiger partial charge is 0.263 e. The van der Waals surface area contributed by atoms with Gasteiger partial charge in [-0.2, -0.15) is 0 Å². The second-order valence-corrected chi connectivity index (χ2v) is 8.76. The van der Waals surface area contributed by atoms with Gasteiger partial charge in [-0.25, -0.2) is 0 Å². The topological polar surface area (TPSA) is 116 Å². The van der Waals surface area contributed by atoms with E-state index in [4.69, 9.17) is 0 Å². The Balaban J connectivity index is 1.42. The lowest BCUT2D eigenvalue weighted by molar-refractivity contribution is -0.128. The maximum absolute atomic E-state index is 13.0. The number of benzene rings is 1. The Morgan fingerprint density at radius 3 is 2.58 bits per heavy atom. The van der Waals surface area contributed by atoms with Crippen LogP contribution in [0.15, 0.2) is 47.5 Å². The Bertz CT molecular complexity index is 1330. The van der Waals surface area contributed by atoms with Crippen molar-refractivity contribution in [1.82, 2.24) is 25.1 Å². The van der Waals surface area contributed by atoms with Gasteiger partial charge in [-0.05, 0) is 23.8 Å². The molecule has 0 bridgehead atoms. The number of rotatable bonds is 5. The third-order valence-electron chi connectivity index (χ3n) is 6.78. The molecule has 9 heteroatoms. The number of hydrogen-bond donors (Lipinski definition) is 3. The zero-order valence-corrected chi connectivity index (χ0v) is 18.4. The van der Waals surface area contributed by atoms with Gasteiger partial charge in [0.2, 0.25) is 5.91 Å². The minimum atomic E-state index is -0.538. The molecule has 2 aromatic heterocycles. The van der Waals surface area contributed by atoms with Crippen molar-refractivity contribution in [1.29, 1.82) is 0 Å². The van der Waals surface area contributed by atoms with E-state index in [0.717, 1.165) is 16.5 Å². The van der Waals surface area contributed by atoms with E-state index >= 15 is 0 Å². The monoisotopic (exact) mass is 447 g/mol. The zero-order chi connectivity index (χ0) is 23.3. The number of fused-ring (bicyclic) bond motifs is 2. The first-order valence-corrected chi connectivity index (χ1v) is 11.0. The lowest BCUT2D eigenvalue weighted by Gasteiger charge is -2.18. The summed E-state index contributed by atoms with van der Waals surface area (Å²) in [6.45, 7) is 3.07. The number of aromatic nitrogens is 2. The van der Waals surface area contributed by atoms with Gasteiger partial charge in [0.1, 0.15) is 5.56 Å². The molecule has 1 aliphatic carbocycles. The molecule has 1 unspecified atom stereocenters. The molecular formula is C24H25N5O4. The van der Waals surface area contributed by atoms with Crippen molar-refractivity contribution in [3.05, 3.63) is 69.8 Å². The fourth-order valence-corrected chi connectivity index (χ4v) is 4.88. The predicted molar refractivity (Wildman–Crippen MR) is 122 cm³/mol. The van der Waals surface area contributed by atoms with Crippen molar-refractivity contribution in [2.45, 2.75) is 19.5 Å². The number of nitrogens with one attached hydrogen (secondary N) is 3. The number of pyridine rings is 1. The van der Waals surface area contributed by atoms with Crippen LogP contribution in [0, 0.1) is 11.8 Å². The number of amides is 3. The van der Waals surface area contributed by atoms with Crippen LogP contribution in [0.5, 0.6) is 0 Å². The third kappa shape index (κ3) is 3.69. The minimum Gasteiger partial charge on any atom is -0.361 e. The fourth-order valence-electron chi connectivity index (χ4n) is 4.88. The number of likely N-dealkylation sites (tertiary alicyclic amines) is 1. The second kappa shape index (κ2) is 7.91. The summed E-state index contributed by atoms with van der Waals surface area (Å²) < 4.78 is 1.41. The predicted octanol–water partition coefficient (Wildman–Crippen LogP) is 0.944. The molecule has 5 rings (SSSR count). The van der Waals surface area contributed by atoms with E-state index < -0.39 is 11.5 Å². The largest absolute Gasteiger partial charge is 0.361 e. The van der Waals surface area contributed by atoms with Crippen molar-refractivity contribution in [3.63, 3.8) is 0 Å². The summed E-state index contributed by atoms with van der Waals surface area (Å²) in [5.74, 6) is -0.306. The summed E-state index contributed by atoms with van der Waals surface area (Å²) in [5, 5.41) is 6.48. The molecule has 3 heterocycles. The zero-order valence-electron chi connectivity index (χ0n) is 18.4. The highest BCUT2D eigenvalue weighted by Gasteiger charge is 2.57. The van der Waals surface area contributed by atoms with Gasteiger partial charge >= 0.3 is 0 Å². The summed E-state index contributed by atoms with van der Waals surface area (Å²) in [5.41, 5.74) is 1.56. The van der Waals surface area contributed by atoms with Crippen molar-refractivity contribution in [2.24, 2.45) is 11.8 Å². The van der Waals surface area contributed by atoms with Gasteiger partial charge in [0, 0.05) is 68.2 Å². The molecule has 1 aliphatic heterocycles. The molecule has 9 nitrogen and oxygen atoms in total. The summed E-state index contributed by atoms with van der Waals surface area (Å²) in [6, 6.07) is 9.05. The highest BCUT2D eigenvalue weighted by molar-refractivity contribution is 5.99. The standard InChI is InChI=1S/C24H25N5O4/c1-13(30)28-11-18-19(12-28)21(18)27-22(31)15-8-17(23(32)25-2)24(33)29(10-15)9-14-4-3-5-20-16(14)6-7-26-20/h3-8,10,18-19,21,26H,9,11-12H2,1-2H3,(H,25,32)(H,27,31)/t18-,19+,21?. The van der Waals surface area contributed by atoms with Gasteiger partial charge in [-0.3, -0.25) is 19.2 Å². The molecule has 3 N–H and O–H groups in total. The normalized spacial score (nSPS) is 21.0. The second-order valence-electron chi connectivity index (χ2n) is 8.76. The average molecular weight is 447 g/mol. The molecule has 3 atom stereocenters. The van der Waals surface area contributed by atoms with E-state index in [2.05, 4.69) is 15.6 Å². The van der Waals surface area contributed by atoms with E-state index in [-0.39, 0.29) is 47.4 Å². The van der Waals surface area contributed by atoms with Crippen molar-refractivity contribution in [3.8, 4) is 0 Å². The molecule has 170 valence electrons. The van der Waals surface area contributed by atoms with E-state index in [1.807, 2.05) is 30.5 Å². The molecule has 1 saturated carbocycles. The molecule has 2 fully saturated rings. The maximum Gasteiger partial charge on any atom is 0.263 e. The van der Waals surface area contributed by atoms with Gasteiger partial charge in [0.05, 0.1) is 12.1 Å². The summed E-state index contributed by atoms with van der Waals surface area (Å²) in [7, 11) is 1.45. The molecular weight excluding hydrogens is 422 g/mol. The maximum atomic E-state index is 13.0. The van der Waals surface area contributed by atoms with E-state index in [0.29, 0.717) is 13.1 Å². The van der Waals surface area contributed by atoms with Crippen molar-refractivity contribution in [2.75, 3.05) is 20.1 Å². The highest BCUT2D eigenvalue weighted by atomic mass is 16.2. The van der Waals surface area contributed by atoms with E-state index in [1.165, 1.54) is 23.9 Å². The van der Waals surface area contributed by atoms with Crippen LogP contribution >= 0.6 is 0 Å². The van der Waals surface area contributed by atoms with Crippen LogP contribution < -0.4 is 16.2 Å². The Morgan fingerprint density at radius 1 is 1.12 bits per heavy atom. The number of carbonyl (C=O) groups is 3. The number of piperidine rings is 1. The minimum absolute atomic E-state index is 0.00512. The lowest BCUT2D eigenvalue weighted by Crippen LogP contribution is -2.37. The molecule has 0 radical (unpaired) electrons. The first-order valence-electron chi connectivity index (χ1n) is 11.0. The van der Waals surface area contributed by atoms with Gasteiger partial charge in [0.25, 0.3) is 17.4 Å². The SMILES string of the molecule is CNC(=O)c1cc(C(=O)NC2[C@H]3CN(C(C)=O)C[C@@H]23)cn(Cc2cccc3[nH]ccc23)c1=O. The summed E-state index contributed by atoms with van der Waals surface area (Å²) in [6.07, 6.45) is 3.34. The third-order valence-corrected chi connectivity index (χ3v) is 6.78. The molecule has 1 aromatic carbocycles. The summed E-state index contributed by atoms with van der Waals surface area (Å²) in [4.78, 5) is 55.0. The number of aromatic amines is 1.